The van der Waals surface area contributed by atoms with Gasteiger partial charge in [-0.25, -0.2) is 29.9 Å². The number of nitrogens with zero attached hydrogens (tertiary/aromatic N) is 20. The van der Waals surface area contributed by atoms with E-state index in [9.17, 15) is 14.9 Å². The first kappa shape index (κ1) is 77.9. The number of amides is 2. The summed E-state index contributed by atoms with van der Waals surface area (Å²) < 4.78 is 23.3. The summed E-state index contributed by atoms with van der Waals surface area (Å²) in [5.41, 5.74) is 26.0. The molecule has 30 heteroatoms. The van der Waals surface area contributed by atoms with Gasteiger partial charge in [0.1, 0.15) is 17.1 Å². The van der Waals surface area contributed by atoms with Crippen LogP contribution < -0.4 is 22.1 Å². The number of nitrogens with two attached hydrogens (primary N) is 2. The van der Waals surface area contributed by atoms with E-state index in [-0.39, 0.29) is 43.8 Å². The molecule has 0 aliphatic carbocycles. The van der Waals surface area contributed by atoms with Gasteiger partial charge in [0.05, 0.1) is 70.6 Å². The Balaban J connectivity index is 0.000000175. The second kappa shape index (κ2) is 36.6. The van der Waals surface area contributed by atoms with Crippen molar-refractivity contribution in [1.29, 1.82) is 5.26 Å². The predicted molar refractivity (Wildman–Crippen MR) is 463 cm³/mol. The lowest BCUT2D eigenvalue weighted by Gasteiger charge is -2.21. The van der Waals surface area contributed by atoms with Gasteiger partial charge < -0.3 is 49.6 Å². The van der Waals surface area contributed by atoms with E-state index >= 15 is 0 Å². The van der Waals surface area contributed by atoms with Gasteiger partial charge in [0.25, 0.3) is 35.4 Å². The maximum absolute atomic E-state index is 13.4. The summed E-state index contributed by atoms with van der Waals surface area (Å²) in [5.74, 6) is 3.00. The fraction of sp³-hybridized carbons (Fsp3) is 0.133. The number of aromatic nitrogens is 17. The third-order valence-electron chi connectivity index (χ3n) is 19.5. The minimum Gasteiger partial charge on any atom is -0.415 e. The lowest BCUT2D eigenvalue weighted by molar-refractivity contribution is 0.0756. The Morgan fingerprint density at radius 1 is 0.358 bits per heavy atom. The van der Waals surface area contributed by atoms with Crippen LogP contribution in [0, 0.1) is 25.2 Å². The Kier molecular flexibility index (Phi) is 23.8. The molecule has 2 aliphatic heterocycles. The number of aryl methyl sites for hydroxylation is 2. The number of pyridine rings is 1. The number of nitrogen functional groups attached to an aromatic ring is 2. The van der Waals surface area contributed by atoms with Gasteiger partial charge >= 0.3 is 0 Å². The molecule has 0 radical (unpaired) electrons. The van der Waals surface area contributed by atoms with Gasteiger partial charge in [-0.05, 0) is 123 Å². The summed E-state index contributed by atoms with van der Waals surface area (Å²) in [6.45, 7) is 9.96. The van der Waals surface area contributed by atoms with Crippen LogP contribution in [-0.4, -0.2) is 160 Å². The summed E-state index contributed by atoms with van der Waals surface area (Å²) in [5, 5.41) is 50.7. The molecule has 2 amide bonds. The highest BCUT2D eigenvalue weighted by molar-refractivity contribution is 6.11. The summed E-state index contributed by atoms with van der Waals surface area (Å²) in [7, 11) is 0. The van der Waals surface area contributed by atoms with Crippen molar-refractivity contribution in [3.8, 4) is 143 Å². The van der Waals surface area contributed by atoms with E-state index in [1.165, 1.54) is 0 Å². The molecule has 0 bridgehead atoms. The molecule has 0 spiro atoms. The molecule has 19 rings (SSSR count). The number of carbonyl (C=O) groups excluding carboxylic acids is 2. The highest BCUT2D eigenvalue weighted by atomic mass is 16.4. The minimum atomic E-state index is -0.0753. The molecule has 0 saturated carbocycles. The van der Waals surface area contributed by atoms with Crippen molar-refractivity contribution >= 4 is 34.2 Å². The van der Waals surface area contributed by atoms with E-state index in [0.717, 1.165) is 108 Å². The molecule has 11 heterocycles. The standard InChI is InChI=1S/C28H25N7O2.C23H22N8O2.C20H13N5O.C19H14N4O.6H2/c29-25-24(27-34-33-26(37-27)18-7-2-1-3-8-18)32-23(17-31-25)21-11-12-22(20-10-5-4-9-19(20)21)28(36)35-15-6-13-30-14-16-35;24-20-19(22-30-29-21(33-22)15-5-2-1-3-6-15)28-18(14-27-20)16-7-8-17(26-13-16)23(32)31-11-4-9-25-10-12-31;1-13-18(20-25-24-19(26-20)14-7-3-2-4-8-14)23-17(12-22-13)16-10-6-5-9-15(16)11-21;1-13-17(21-16(12-20-13)14-8-4-2-5-9-14)19-23-22-18(24-19)15-10-6-3-7-11-15;;;;;;/h1-5,7-12,17,30H,6,13-16H2,(H2,29,31);1-3,5-8,13-14,25H,4,9-12H2,(H2,24,27);2-10,12H,1H3;2-12H,1H3;6*1H. The van der Waals surface area contributed by atoms with Crippen LogP contribution in [0.25, 0.3) is 148 Å². The second-order valence-corrected chi connectivity index (χ2v) is 27.4. The van der Waals surface area contributed by atoms with E-state index in [0.29, 0.717) is 122 Å². The van der Waals surface area contributed by atoms with Crippen molar-refractivity contribution in [2.24, 2.45) is 0 Å². The van der Waals surface area contributed by atoms with Crippen LogP contribution in [0.2, 0.25) is 0 Å². The van der Waals surface area contributed by atoms with Gasteiger partial charge in [-0.1, -0.05) is 152 Å². The first-order valence-electron chi connectivity index (χ1n) is 38.5. The van der Waals surface area contributed by atoms with Crippen molar-refractivity contribution in [3.05, 3.63) is 284 Å². The third kappa shape index (κ3) is 17.9. The normalized spacial score (nSPS) is 12.6. The van der Waals surface area contributed by atoms with Gasteiger partial charge in [0.2, 0.25) is 23.6 Å². The van der Waals surface area contributed by atoms with Crippen LogP contribution in [0.1, 0.15) is 59.2 Å². The summed E-state index contributed by atoms with van der Waals surface area (Å²) in [4.78, 5) is 70.3. The van der Waals surface area contributed by atoms with Crippen molar-refractivity contribution in [1.82, 2.24) is 106 Å². The maximum Gasteiger partial charge on any atom is 0.272 e. The van der Waals surface area contributed by atoms with Crippen molar-refractivity contribution in [2.45, 2.75) is 26.7 Å². The number of fused-ring (bicyclic) bond motifs is 1. The number of benzene rings is 8. The van der Waals surface area contributed by atoms with Crippen LogP contribution in [0.3, 0.4) is 0 Å². The van der Waals surface area contributed by atoms with Crippen molar-refractivity contribution in [2.75, 3.05) is 63.8 Å². The molecule has 2 saturated heterocycles. The van der Waals surface area contributed by atoms with E-state index in [2.05, 4.69) is 97.4 Å². The summed E-state index contributed by atoms with van der Waals surface area (Å²) >= 11 is 0. The van der Waals surface area contributed by atoms with Gasteiger partial charge in [-0.2, -0.15) is 5.26 Å². The average molecular weight is 1600 g/mol. The Morgan fingerprint density at radius 2 is 0.742 bits per heavy atom. The van der Waals surface area contributed by atoms with E-state index in [1.54, 1.807) is 49.2 Å². The predicted octanol–water partition coefficient (Wildman–Crippen LogP) is 16.0. The van der Waals surface area contributed by atoms with Gasteiger partial charge in [0.15, 0.2) is 23.0 Å². The smallest absolute Gasteiger partial charge is 0.272 e. The molecule has 2 aliphatic rings. The van der Waals surface area contributed by atoms with E-state index in [4.69, 9.17) is 34.1 Å². The van der Waals surface area contributed by atoms with Crippen molar-refractivity contribution in [3.63, 3.8) is 0 Å². The molecule has 17 aromatic rings. The van der Waals surface area contributed by atoms with Gasteiger partial charge in [-0.3, -0.25) is 24.5 Å². The monoisotopic (exact) mass is 1600 g/mol. The molecule has 30 nitrogen and oxygen atoms in total. The van der Waals surface area contributed by atoms with Crippen LogP contribution >= 0.6 is 0 Å². The SMILES string of the molecule is Cc1ncc(-c2ccccc2)nc1-c1nnc(-c2ccccc2)o1.Cc1ncc(-c2ccccc2C#N)nc1-c1nnc(-c2ccccc2)o1.Nc1ncc(-c2ccc(C(=O)N3CCCNCC3)c3ccccc23)nc1-c1nnc(-c2ccccc2)o1.Nc1ncc(-c2ccc(C(=O)N3CCCNCC3)nc2)nc1-c1nnc(-c2ccccc2)o1.[HH].[HH].[HH].[HH].[HH].[HH]. The number of nitriles is 1. The Labute approximate surface area is 695 Å². The molecule has 602 valence electrons. The van der Waals surface area contributed by atoms with Crippen molar-refractivity contribution < 1.29 is 35.8 Å². The first-order valence-corrected chi connectivity index (χ1v) is 38.5. The van der Waals surface area contributed by atoms with Crippen LogP contribution in [0.5, 0.6) is 0 Å². The maximum atomic E-state index is 13.4. The number of hydrogen-bond donors (Lipinski definition) is 4. The van der Waals surface area contributed by atoms with Crippen LogP contribution in [0.4, 0.5) is 11.6 Å². The molecular formula is C90H86N24O6. The number of nitrogens with one attached hydrogen (secondary N) is 2. The lowest BCUT2D eigenvalue weighted by atomic mass is 9.97. The molecule has 9 aromatic heterocycles. The number of hydrogen-bond acceptors (Lipinski definition) is 28. The zero-order valence-electron chi connectivity index (χ0n) is 64.9. The Hall–Kier alpha value is -16.0. The largest absolute Gasteiger partial charge is 0.415 e. The fourth-order valence-electron chi connectivity index (χ4n) is 13.2. The highest BCUT2D eigenvalue weighted by Crippen LogP contribution is 2.36. The number of rotatable bonds is 14. The van der Waals surface area contributed by atoms with Gasteiger partial charge in [0, 0.05) is 104 Å². The minimum absolute atomic E-state index is 0. The van der Waals surface area contributed by atoms with Gasteiger partial charge in [-0.15, -0.1) is 40.8 Å². The Morgan fingerprint density at radius 3 is 1.23 bits per heavy atom. The lowest BCUT2D eigenvalue weighted by Crippen LogP contribution is -2.34. The molecule has 0 unspecified atom stereocenters. The topological polar surface area (TPSA) is 412 Å². The average Bonchev–Trinajstić information content (AvgIpc) is 0.863. The van der Waals surface area contributed by atoms with Crippen LogP contribution in [0.15, 0.2) is 273 Å². The zero-order chi connectivity index (χ0) is 82.1. The van der Waals surface area contributed by atoms with Crippen LogP contribution in [-0.2, 0) is 0 Å². The molecular weight excluding hydrogens is 1510 g/mol. The van der Waals surface area contributed by atoms with E-state index in [1.807, 2.05) is 230 Å². The first-order chi connectivity index (χ1) is 58.9. The molecule has 8 aromatic carbocycles. The number of anilines is 2. The molecule has 0 atom stereocenters. The quantitative estimate of drug-likeness (QED) is 0.0785. The summed E-state index contributed by atoms with van der Waals surface area (Å²) in [6.07, 6.45) is 10.0. The highest BCUT2D eigenvalue weighted by Gasteiger charge is 2.26. The number of carbonyl (C=O) groups is 2. The molecule has 120 heavy (non-hydrogen) atoms. The summed E-state index contributed by atoms with van der Waals surface area (Å²) in [6, 6.07) is 72.6. The molecule has 6 N–H and O–H groups in total. The second-order valence-electron chi connectivity index (χ2n) is 27.4. The molecule has 2 fully saturated rings. The zero-order valence-corrected chi connectivity index (χ0v) is 64.9. The Bertz CT molecular complexity index is 6490. The van der Waals surface area contributed by atoms with E-state index < -0.39 is 0 Å². The fourth-order valence-corrected chi connectivity index (χ4v) is 13.2. The third-order valence-corrected chi connectivity index (χ3v) is 19.5.